The smallest absolute Gasteiger partial charge is 0.0773 e. The molecule has 3 rings (SSSR count). The molecule has 2 unspecified atom stereocenters. The highest BCUT2D eigenvalue weighted by Gasteiger charge is 2.29. The maximum Gasteiger partial charge on any atom is 0.0773 e. The zero-order chi connectivity index (χ0) is 14.1. The van der Waals surface area contributed by atoms with Crippen LogP contribution >= 0.6 is 23.2 Å². The predicted octanol–water partition coefficient (Wildman–Crippen LogP) is 3.62. The Morgan fingerprint density at radius 2 is 2.15 bits per heavy atom. The lowest BCUT2D eigenvalue weighted by Crippen LogP contribution is -2.32. The van der Waals surface area contributed by atoms with Gasteiger partial charge in [-0.1, -0.05) is 47.5 Å². The van der Waals surface area contributed by atoms with Crippen molar-refractivity contribution in [3.05, 3.63) is 63.4 Å². The van der Waals surface area contributed by atoms with Crippen LogP contribution in [0.25, 0.3) is 0 Å². The normalized spacial score (nSPS) is 18.2. The monoisotopic (exact) mass is 307 g/mol. The Balaban J connectivity index is 1.79. The van der Waals surface area contributed by atoms with E-state index in [-0.39, 0.29) is 6.04 Å². The van der Waals surface area contributed by atoms with E-state index in [1.54, 1.807) is 12.3 Å². The second kappa shape index (κ2) is 5.70. The van der Waals surface area contributed by atoms with E-state index in [9.17, 15) is 0 Å². The Kier molecular flexibility index (Phi) is 3.94. The van der Waals surface area contributed by atoms with Gasteiger partial charge in [-0.2, -0.15) is 0 Å². The second-order valence-corrected chi connectivity index (χ2v) is 5.92. The number of aromatic nitrogens is 1. The Morgan fingerprint density at radius 1 is 1.35 bits per heavy atom. The van der Waals surface area contributed by atoms with Gasteiger partial charge < -0.3 is 0 Å². The highest BCUT2D eigenvalue weighted by Crippen LogP contribution is 2.41. The first kappa shape index (κ1) is 13.8. The van der Waals surface area contributed by atoms with E-state index in [4.69, 9.17) is 29.0 Å². The predicted molar refractivity (Wildman–Crippen MR) is 81.8 cm³/mol. The van der Waals surface area contributed by atoms with Gasteiger partial charge in [-0.15, -0.1) is 0 Å². The van der Waals surface area contributed by atoms with Crippen molar-refractivity contribution in [2.75, 3.05) is 0 Å². The zero-order valence-electron chi connectivity index (χ0n) is 10.8. The van der Waals surface area contributed by atoms with Crippen LogP contribution in [0.1, 0.15) is 35.2 Å². The molecule has 3 N–H and O–H groups in total. The number of nitrogens with two attached hydrogens (primary N) is 1. The first-order valence-corrected chi connectivity index (χ1v) is 7.29. The maximum absolute atomic E-state index is 6.21. The molecule has 0 radical (unpaired) electrons. The Labute approximate surface area is 128 Å². The number of hydrazine groups is 1. The van der Waals surface area contributed by atoms with Crippen LogP contribution in [0.2, 0.25) is 10.0 Å². The van der Waals surface area contributed by atoms with Crippen LogP contribution in [0.15, 0.2) is 36.5 Å². The molecule has 1 heterocycles. The number of pyridine rings is 1. The molecule has 0 saturated carbocycles. The van der Waals surface area contributed by atoms with Crippen LogP contribution in [-0.4, -0.2) is 4.98 Å². The summed E-state index contributed by atoms with van der Waals surface area (Å²) in [6.07, 6.45) is 3.56. The molecular weight excluding hydrogens is 293 g/mol. The van der Waals surface area contributed by atoms with Gasteiger partial charge in [-0.05, 0) is 36.0 Å². The molecule has 0 spiro atoms. The van der Waals surface area contributed by atoms with Gasteiger partial charge in [-0.25, -0.2) is 0 Å². The molecule has 1 aliphatic rings. The van der Waals surface area contributed by atoms with E-state index in [1.165, 1.54) is 11.1 Å². The summed E-state index contributed by atoms with van der Waals surface area (Å²) in [4.78, 5) is 4.31. The van der Waals surface area contributed by atoms with E-state index >= 15 is 0 Å². The summed E-state index contributed by atoms with van der Waals surface area (Å²) in [7, 11) is 0. The van der Waals surface area contributed by atoms with Crippen molar-refractivity contribution in [3.63, 3.8) is 0 Å². The van der Waals surface area contributed by atoms with Crippen molar-refractivity contribution >= 4 is 23.2 Å². The Bertz CT molecular complexity index is 630. The number of nitrogens with zero attached hydrogens (tertiary/aromatic N) is 1. The van der Waals surface area contributed by atoms with E-state index < -0.39 is 0 Å². The number of rotatable bonds is 4. The fourth-order valence-corrected chi connectivity index (χ4v) is 3.31. The molecule has 0 bridgehead atoms. The summed E-state index contributed by atoms with van der Waals surface area (Å²) in [5, 5.41) is 1.08. The van der Waals surface area contributed by atoms with Gasteiger partial charge in [0, 0.05) is 6.20 Å². The lowest BCUT2D eigenvalue weighted by Gasteiger charge is -2.32. The first-order valence-electron chi connectivity index (χ1n) is 6.54. The number of hydrogen-bond acceptors (Lipinski definition) is 3. The number of halogens is 2. The molecule has 0 fully saturated rings. The molecule has 2 atom stereocenters. The van der Waals surface area contributed by atoms with E-state index in [0.29, 0.717) is 16.0 Å². The number of benzene rings is 1. The molecule has 0 amide bonds. The van der Waals surface area contributed by atoms with Gasteiger partial charge in [0.15, 0.2) is 0 Å². The molecule has 3 nitrogen and oxygen atoms in total. The molecular formula is C15H15Cl2N3. The van der Waals surface area contributed by atoms with Crippen LogP contribution in [0.4, 0.5) is 0 Å². The largest absolute Gasteiger partial charge is 0.271 e. The van der Waals surface area contributed by atoms with Crippen molar-refractivity contribution in [2.24, 2.45) is 5.84 Å². The van der Waals surface area contributed by atoms with E-state index in [0.717, 1.165) is 18.5 Å². The fourth-order valence-electron chi connectivity index (χ4n) is 2.80. The minimum Gasteiger partial charge on any atom is -0.271 e. The molecule has 5 heteroatoms. The number of fused-ring (bicyclic) bond motifs is 1. The standard InChI is InChI=1S/C15H15Cl2N3/c16-11-7-13(17)15(19-8-11)14(20-18)6-10-5-9-3-1-2-4-12(9)10/h1-4,7-8,10,14,20H,5-6,18H2. The van der Waals surface area contributed by atoms with Gasteiger partial charge in [0.25, 0.3) is 0 Å². The third-order valence-corrected chi connectivity index (χ3v) is 4.36. The molecule has 20 heavy (non-hydrogen) atoms. The third-order valence-electron chi connectivity index (χ3n) is 3.85. The van der Waals surface area contributed by atoms with Crippen LogP contribution in [0, 0.1) is 0 Å². The number of hydrogen-bond donors (Lipinski definition) is 2. The topological polar surface area (TPSA) is 50.9 Å². The Morgan fingerprint density at radius 3 is 2.85 bits per heavy atom. The van der Waals surface area contributed by atoms with Crippen LogP contribution in [0.3, 0.4) is 0 Å². The van der Waals surface area contributed by atoms with Gasteiger partial charge >= 0.3 is 0 Å². The average Bonchev–Trinajstić information content (AvgIpc) is 2.41. The summed E-state index contributed by atoms with van der Waals surface area (Å²) >= 11 is 12.1. The zero-order valence-corrected chi connectivity index (χ0v) is 12.3. The maximum atomic E-state index is 6.21. The highest BCUT2D eigenvalue weighted by molar-refractivity contribution is 6.34. The Hall–Kier alpha value is -1.13. The summed E-state index contributed by atoms with van der Waals surface area (Å²) in [6.45, 7) is 0. The molecule has 1 aromatic carbocycles. The molecule has 2 aromatic rings. The average molecular weight is 308 g/mol. The van der Waals surface area contributed by atoms with Crippen molar-refractivity contribution in [2.45, 2.75) is 24.8 Å². The minimum atomic E-state index is -0.0712. The van der Waals surface area contributed by atoms with Crippen LogP contribution in [0.5, 0.6) is 0 Å². The lowest BCUT2D eigenvalue weighted by atomic mass is 9.74. The van der Waals surface area contributed by atoms with E-state index in [2.05, 4.69) is 34.7 Å². The molecule has 0 saturated heterocycles. The van der Waals surface area contributed by atoms with Crippen LogP contribution < -0.4 is 11.3 Å². The molecule has 104 valence electrons. The van der Waals surface area contributed by atoms with Gasteiger partial charge in [0.05, 0.1) is 21.8 Å². The SMILES string of the molecule is NNC(CC1Cc2ccccc21)c1ncc(Cl)cc1Cl. The fraction of sp³-hybridized carbons (Fsp3) is 0.267. The third kappa shape index (κ3) is 2.54. The summed E-state index contributed by atoms with van der Waals surface area (Å²) in [5.41, 5.74) is 6.39. The van der Waals surface area contributed by atoms with Crippen molar-refractivity contribution in [1.82, 2.24) is 10.4 Å². The molecule has 1 aliphatic carbocycles. The summed E-state index contributed by atoms with van der Waals surface area (Å²) in [6, 6.07) is 10.1. The van der Waals surface area contributed by atoms with Crippen molar-refractivity contribution in [3.8, 4) is 0 Å². The van der Waals surface area contributed by atoms with Gasteiger partial charge in [0.1, 0.15) is 0 Å². The summed E-state index contributed by atoms with van der Waals surface area (Å²) < 4.78 is 0. The number of nitrogens with one attached hydrogen (secondary N) is 1. The first-order chi connectivity index (χ1) is 9.69. The van der Waals surface area contributed by atoms with Crippen molar-refractivity contribution in [1.29, 1.82) is 0 Å². The quantitative estimate of drug-likeness (QED) is 0.670. The van der Waals surface area contributed by atoms with Gasteiger partial charge in [0.2, 0.25) is 0 Å². The van der Waals surface area contributed by atoms with Gasteiger partial charge in [-0.3, -0.25) is 16.3 Å². The highest BCUT2D eigenvalue weighted by atomic mass is 35.5. The van der Waals surface area contributed by atoms with Crippen molar-refractivity contribution < 1.29 is 0 Å². The second-order valence-electron chi connectivity index (χ2n) is 5.08. The van der Waals surface area contributed by atoms with E-state index in [1.807, 2.05) is 0 Å². The minimum absolute atomic E-state index is 0.0712. The molecule has 1 aromatic heterocycles. The summed E-state index contributed by atoms with van der Waals surface area (Å²) in [5.74, 6) is 6.18. The van der Waals surface area contributed by atoms with Crippen LogP contribution in [-0.2, 0) is 6.42 Å². The lowest BCUT2D eigenvalue weighted by molar-refractivity contribution is 0.428. The molecule has 0 aliphatic heterocycles.